The van der Waals surface area contributed by atoms with Crippen LogP contribution in [0.2, 0.25) is 0 Å². The summed E-state index contributed by atoms with van der Waals surface area (Å²) in [5.41, 5.74) is 2.97. The number of anilines is 1. The van der Waals surface area contributed by atoms with Crippen LogP contribution in [0.3, 0.4) is 0 Å². The van der Waals surface area contributed by atoms with Gasteiger partial charge in [0.15, 0.2) is 0 Å². The molecule has 1 heterocycles. The molecular weight excluding hydrogens is 480 g/mol. The highest BCUT2D eigenvalue weighted by molar-refractivity contribution is 9.10. The van der Waals surface area contributed by atoms with E-state index >= 15 is 0 Å². The van der Waals surface area contributed by atoms with Crippen LogP contribution in [0.4, 0.5) is 5.69 Å². The molecule has 1 aliphatic rings. The third kappa shape index (κ3) is 6.52. The number of unbranched alkanes of at least 4 members (excludes halogenated alkanes) is 2. The van der Waals surface area contributed by atoms with E-state index in [1.807, 2.05) is 61.5 Å². The molecule has 0 aliphatic carbocycles. The Morgan fingerprint density at radius 2 is 1.93 bits per heavy atom. The predicted molar refractivity (Wildman–Crippen MR) is 132 cm³/mol. The van der Waals surface area contributed by atoms with Gasteiger partial charge in [-0.15, -0.1) is 0 Å². The summed E-state index contributed by atoms with van der Waals surface area (Å²) in [7, 11) is 0. The Balaban J connectivity index is 1.41. The Hall–Kier alpha value is -1.96. The highest BCUT2D eigenvalue weighted by Crippen LogP contribution is 2.32. The molecule has 3 rings (SSSR count). The third-order valence-electron chi connectivity index (χ3n) is 4.64. The van der Waals surface area contributed by atoms with E-state index in [0.717, 1.165) is 35.0 Å². The van der Waals surface area contributed by atoms with Crippen molar-refractivity contribution in [3.8, 4) is 0 Å². The van der Waals surface area contributed by atoms with Crippen molar-refractivity contribution in [1.82, 2.24) is 4.90 Å². The number of hydrogen-bond donors (Lipinski definition) is 1. The summed E-state index contributed by atoms with van der Waals surface area (Å²) in [6, 6.07) is 15.6. The minimum Gasteiger partial charge on any atom is -0.326 e. The van der Waals surface area contributed by atoms with E-state index in [9.17, 15) is 9.59 Å². The first kappa shape index (κ1) is 22.7. The molecule has 0 spiro atoms. The van der Waals surface area contributed by atoms with Crippen LogP contribution < -0.4 is 5.32 Å². The second-order valence-electron chi connectivity index (χ2n) is 7.11. The molecule has 0 atom stereocenters. The fourth-order valence-electron chi connectivity index (χ4n) is 3.03. The number of nitrogens with one attached hydrogen (secondary N) is 1. The minimum absolute atomic E-state index is 0.000238. The summed E-state index contributed by atoms with van der Waals surface area (Å²) in [5, 5.41) is 2.90. The lowest BCUT2D eigenvalue weighted by atomic mass is 10.1. The highest BCUT2D eigenvalue weighted by Gasteiger charge is 2.31. The fraction of sp³-hybridized carbons (Fsp3) is 0.261. The van der Waals surface area contributed by atoms with Gasteiger partial charge in [-0.25, -0.2) is 0 Å². The van der Waals surface area contributed by atoms with Gasteiger partial charge in [0.1, 0.15) is 4.32 Å². The highest BCUT2D eigenvalue weighted by atomic mass is 79.9. The maximum atomic E-state index is 12.7. The molecule has 2 amide bonds. The van der Waals surface area contributed by atoms with Crippen LogP contribution in [0.25, 0.3) is 6.08 Å². The SMILES string of the molecule is Cc1ccc(C=C2SC(=S)N(CCCCCC(=O)Nc3cccc(Br)c3)C2=O)cc1. The van der Waals surface area contributed by atoms with Crippen LogP contribution in [-0.2, 0) is 9.59 Å². The van der Waals surface area contributed by atoms with Gasteiger partial charge in [0.05, 0.1) is 4.91 Å². The first-order chi connectivity index (χ1) is 14.4. The van der Waals surface area contributed by atoms with E-state index in [1.165, 1.54) is 17.3 Å². The number of aryl methyl sites for hydroxylation is 1. The standard InChI is InChI=1S/C23H23BrN2O2S2/c1-16-9-11-17(12-10-16)14-20-22(28)26(23(29)30-20)13-4-2-3-8-21(27)25-19-7-5-6-18(24)15-19/h5-7,9-12,14-15H,2-4,8,13H2,1H3,(H,25,27). The normalized spacial score (nSPS) is 15.1. The molecule has 1 saturated heterocycles. The largest absolute Gasteiger partial charge is 0.326 e. The Bertz CT molecular complexity index is 973. The van der Waals surface area contributed by atoms with Crippen LogP contribution in [-0.4, -0.2) is 27.6 Å². The molecule has 4 nitrogen and oxygen atoms in total. The lowest BCUT2D eigenvalue weighted by molar-refractivity contribution is -0.122. The number of thioether (sulfide) groups is 1. The van der Waals surface area contributed by atoms with Gasteiger partial charge in [0.25, 0.3) is 5.91 Å². The number of rotatable bonds is 8. The summed E-state index contributed by atoms with van der Waals surface area (Å²) in [4.78, 5) is 27.1. The molecule has 2 aromatic carbocycles. The first-order valence-electron chi connectivity index (χ1n) is 9.80. The van der Waals surface area contributed by atoms with E-state index in [0.29, 0.717) is 22.2 Å². The monoisotopic (exact) mass is 502 g/mol. The number of benzene rings is 2. The molecular formula is C23H23BrN2O2S2. The van der Waals surface area contributed by atoms with Crippen molar-refractivity contribution >= 4 is 67.8 Å². The van der Waals surface area contributed by atoms with Crippen molar-refractivity contribution in [1.29, 1.82) is 0 Å². The van der Waals surface area contributed by atoms with E-state index in [2.05, 4.69) is 21.2 Å². The van der Waals surface area contributed by atoms with Crippen molar-refractivity contribution < 1.29 is 9.59 Å². The number of carbonyl (C=O) groups is 2. The maximum Gasteiger partial charge on any atom is 0.266 e. The van der Waals surface area contributed by atoms with Gasteiger partial charge < -0.3 is 5.32 Å². The van der Waals surface area contributed by atoms with E-state index in [1.54, 1.807) is 4.90 Å². The number of nitrogens with zero attached hydrogens (tertiary/aromatic N) is 1. The van der Waals surface area contributed by atoms with Gasteiger partial charge in [-0.2, -0.15) is 0 Å². The molecule has 0 radical (unpaired) electrons. The average molecular weight is 503 g/mol. The zero-order valence-corrected chi connectivity index (χ0v) is 19.9. The van der Waals surface area contributed by atoms with Crippen molar-refractivity contribution in [2.45, 2.75) is 32.6 Å². The lowest BCUT2D eigenvalue weighted by Crippen LogP contribution is -2.29. The van der Waals surface area contributed by atoms with Crippen molar-refractivity contribution in [3.63, 3.8) is 0 Å². The van der Waals surface area contributed by atoms with Crippen LogP contribution >= 0.6 is 39.9 Å². The van der Waals surface area contributed by atoms with Gasteiger partial charge in [0, 0.05) is 23.1 Å². The smallest absolute Gasteiger partial charge is 0.266 e. The maximum absolute atomic E-state index is 12.7. The topological polar surface area (TPSA) is 49.4 Å². The predicted octanol–water partition coefficient (Wildman–Crippen LogP) is 6.16. The number of thiocarbonyl (C=S) groups is 1. The third-order valence-corrected chi connectivity index (χ3v) is 6.51. The summed E-state index contributed by atoms with van der Waals surface area (Å²) in [6.45, 7) is 2.62. The molecule has 1 N–H and O–H groups in total. The van der Waals surface area contributed by atoms with E-state index < -0.39 is 0 Å². The van der Waals surface area contributed by atoms with Crippen LogP contribution in [0.1, 0.15) is 36.8 Å². The zero-order valence-electron chi connectivity index (χ0n) is 16.7. The summed E-state index contributed by atoms with van der Waals surface area (Å²) in [6.07, 6.45) is 4.80. The van der Waals surface area contributed by atoms with Crippen LogP contribution in [0, 0.1) is 6.92 Å². The van der Waals surface area contributed by atoms with Gasteiger partial charge in [-0.3, -0.25) is 14.5 Å². The quantitative estimate of drug-likeness (QED) is 0.266. The van der Waals surface area contributed by atoms with Gasteiger partial charge in [-0.05, 0) is 49.6 Å². The molecule has 1 fully saturated rings. The van der Waals surface area contributed by atoms with Gasteiger partial charge >= 0.3 is 0 Å². The minimum atomic E-state index is -0.0297. The van der Waals surface area contributed by atoms with Crippen molar-refractivity contribution in [2.24, 2.45) is 0 Å². The number of amides is 2. The number of carbonyl (C=O) groups excluding carboxylic acids is 2. The molecule has 0 unspecified atom stereocenters. The second kappa shape index (κ2) is 10.9. The summed E-state index contributed by atoms with van der Waals surface area (Å²) < 4.78 is 1.53. The van der Waals surface area contributed by atoms with Crippen molar-refractivity contribution in [3.05, 3.63) is 69.0 Å². The second-order valence-corrected chi connectivity index (χ2v) is 9.70. The zero-order chi connectivity index (χ0) is 21.5. The van der Waals surface area contributed by atoms with Gasteiger partial charge in [0.2, 0.25) is 5.91 Å². The molecule has 0 bridgehead atoms. The Morgan fingerprint density at radius 3 is 2.67 bits per heavy atom. The Labute approximate surface area is 195 Å². The number of halogens is 1. The van der Waals surface area contributed by atoms with Crippen LogP contribution in [0.5, 0.6) is 0 Å². The number of hydrogen-bond acceptors (Lipinski definition) is 4. The molecule has 7 heteroatoms. The van der Waals surface area contributed by atoms with Crippen LogP contribution in [0.15, 0.2) is 57.9 Å². The lowest BCUT2D eigenvalue weighted by Gasteiger charge is -2.14. The van der Waals surface area contributed by atoms with E-state index in [4.69, 9.17) is 12.2 Å². The molecule has 30 heavy (non-hydrogen) atoms. The summed E-state index contributed by atoms with van der Waals surface area (Å²) in [5.74, 6) is -0.0299. The molecule has 156 valence electrons. The average Bonchev–Trinajstić information content (AvgIpc) is 2.96. The van der Waals surface area contributed by atoms with Crippen molar-refractivity contribution in [2.75, 3.05) is 11.9 Å². The fourth-order valence-corrected chi connectivity index (χ4v) is 4.74. The molecule has 0 saturated carbocycles. The first-order valence-corrected chi connectivity index (χ1v) is 11.8. The van der Waals surface area contributed by atoms with E-state index in [-0.39, 0.29) is 11.8 Å². The summed E-state index contributed by atoms with van der Waals surface area (Å²) >= 11 is 10.1. The Morgan fingerprint density at radius 1 is 1.17 bits per heavy atom. The van der Waals surface area contributed by atoms with Gasteiger partial charge in [-0.1, -0.05) is 82.2 Å². The Kier molecular flexibility index (Phi) is 8.24. The molecule has 0 aromatic heterocycles. The molecule has 1 aliphatic heterocycles. The molecule has 2 aromatic rings.